The molecule has 0 saturated heterocycles. The lowest BCUT2D eigenvalue weighted by Gasteiger charge is -2.14. The zero-order chi connectivity index (χ0) is 24.1. The van der Waals surface area contributed by atoms with Gasteiger partial charge >= 0.3 is 0 Å². The summed E-state index contributed by atoms with van der Waals surface area (Å²) in [5.41, 5.74) is 3.27. The van der Waals surface area contributed by atoms with Gasteiger partial charge in [-0.3, -0.25) is 9.48 Å². The Kier molecular flexibility index (Phi) is 7.50. The third-order valence-electron chi connectivity index (χ3n) is 5.20. The third-order valence-corrected chi connectivity index (χ3v) is 5.78. The molecule has 8 heteroatoms. The second-order valence-corrected chi connectivity index (χ2v) is 8.66. The predicted molar refractivity (Wildman–Crippen MR) is 132 cm³/mol. The number of aryl methyl sites for hydroxylation is 1. The van der Waals surface area contributed by atoms with Crippen molar-refractivity contribution in [2.24, 2.45) is 0 Å². The highest BCUT2D eigenvalue weighted by atomic mass is 35.5. The Morgan fingerprint density at radius 2 is 1.82 bits per heavy atom. The Hall–Kier alpha value is -3.35. The first kappa shape index (κ1) is 23.8. The van der Waals surface area contributed by atoms with Gasteiger partial charge < -0.3 is 10.1 Å². The zero-order valence-electron chi connectivity index (χ0n) is 18.4. The molecule has 0 spiro atoms. The zero-order valence-corrected chi connectivity index (χ0v) is 19.9. The molecule has 5 nitrogen and oxygen atoms in total. The van der Waals surface area contributed by atoms with Crippen molar-refractivity contribution in [2.45, 2.75) is 26.5 Å². The molecule has 4 rings (SSSR count). The van der Waals surface area contributed by atoms with Crippen molar-refractivity contribution in [1.82, 2.24) is 9.78 Å². The van der Waals surface area contributed by atoms with E-state index in [4.69, 9.17) is 27.9 Å². The van der Waals surface area contributed by atoms with E-state index in [2.05, 4.69) is 10.4 Å². The van der Waals surface area contributed by atoms with Crippen LogP contribution in [0.25, 0.3) is 0 Å². The molecule has 0 unspecified atom stereocenters. The maximum absolute atomic E-state index is 13.3. The maximum atomic E-state index is 13.3. The molecule has 34 heavy (non-hydrogen) atoms. The minimum absolute atomic E-state index is 0.140. The number of carbonyl (C=O) groups excluding carboxylic acids is 1. The first-order valence-corrected chi connectivity index (χ1v) is 11.4. The van der Waals surface area contributed by atoms with E-state index < -0.39 is 5.82 Å². The Morgan fingerprint density at radius 3 is 2.59 bits per heavy atom. The Morgan fingerprint density at radius 1 is 1.03 bits per heavy atom. The molecule has 4 aromatic rings. The van der Waals surface area contributed by atoms with Crippen molar-refractivity contribution in [3.8, 4) is 5.75 Å². The molecule has 0 atom stereocenters. The summed E-state index contributed by atoms with van der Waals surface area (Å²) >= 11 is 12.3. The standard InChI is InChI=1S/C26H22Cl2FN3O2/c1-17-11-25(30-26(33)12-18-5-3-2-4-6-18)31-32(17)15-20-13-21(27)8-10-24(20)34-16-19-7-9-22(29)14-23(19)28/h2-11,13-14H,12,15-16H2,1H3,(H,30,31,33). The van der Waals surface area contributed by atoms with Gasteiger partial charge in [0.2, 0.25) is 5.91 Å². The van der Waals surface area contributed by atoms with Crippen LogP contribution in [0.15, 0.2) is 72.8 Å². The normalized spacial score (nSPS) is 10.8. The van der Waals surface area contributed by atoms with Crippen molar-refractivity contribution in [2.75, 3.05) is 5.32 Å². The van der Waals surface area contributed by atoms with E-state index in [1.807, 2.05) is 43.3 Å². The van der Waals surface area contributed by atoms with Crippen LogP contribution in [0.4, 0.5) is 10.2 Å². The van der Waals surface area contributed by atoms with Crippen LogP contribution >= 0.6 is 23.2 Å². The summed E-state index contributed by atoms with van der Waals surface area (Å²) in [5.74, 6) is 0.538. The Labute approximate surface area is 207 Å². The predicted octanol–water partition coefficient (Wildman–Crippen LogP) is 6.45. The minimum Gasteiger partial charge on any atom is -0.488 e. The SMILES string of the molecule is Cc1cc(NC(=O)Cc2ccccc2)nn1Cc1cc(Cl)ccc1OCc1ccc(F)cc1Cl. The van der Waals surface area contributed by atoms with Gasteiger partial charge in [0.05, 0.1) is 18.0 Å². The number of halogens is 3. The molecular formula is C26H22Cl2FN3O2. The lowest BCUT2D eigenvalue weighted by atomic mass is 10.1. The van der Waals surface area contributed by atoms with Crippen LogP contribution < -0.4 is 10.1 Å². The Bertz CT molecular complexity index is 1310. The van der Waals surface area contributed by atoms with Gasteiger partial charge in [0.25, 0.3) is 0 Å². The minimum atomic E-state index is -0.401. The van der Waals surface area contributed by atoms with E-state index in [0.717, 1.165) is 16.8 Å². The highest BCUT2D eigenvalue weighted by molar-refractivity contribution is 6.31. The number of hydrogen-bond donors (Lipinski definition) is 1. The van der Waals surface area contributed by atoms with E-state index in [9.17, 15) is 9.18 Å². The fraction of sp³-hybridized carbons (Fsp3) is 0.154. The van der Waals surface area contributed by atoms with E-state index >= 15 is 0 Å². The van der Waals surface area contributed by atoms with Crippen molar-refractivity contribution < 1.29 is 13.9 Å². The number of amides is 1. The van der Waals surface area contributed by atoms with E-state index in [0.29, 0.717) is 33.7 Å². The topological polar surface area (TPSA) is 56.2 Å². The molecular weight excluding hydrogens is 476 g/mol. The molecule has 0 fully saturated rings. The molecule has 0 aliphatic heterocycles. The largest absolute Gasteiger partial charge is 0.488 e. The average Bonchev–Trinajstić information content (AvgIpc) is 3.13. The number of hydrogen-bond acceptors (Lipinski definition) is 3. The van der Waals surface area contributed by atoms with E-state index in [1.165, 1.54) is 12.1 Å². The van der Waals surface area contributed by atoms with Gasteiger partial charge in [-0.25, -0.2) is 4.39 Å². The number of carbonyl (C=O) groups is 1. The maximum Gasteiger partial charge on any atom is 0.229 e. The molecule has 1 N–H and O–H groups in total. The highest BCUT2D eigenvalue weighted by Crippen LogP contribution is 2.27. The molecule has 174 valence electrons. The molecule has 0 radical (unpaired) electrons. The summed E-state index contributed by atoms with van der Waals surface area (Å²) in [4.78, 5) is 12.4. The molecule has 1 heterocycles. The summed E-state index contributed by atoms with van der Waals surface area (Å²) in [7, 11) is 0. The molecule has 0 aliphatic carbocycles. The van der Waals surface area contributed by atoms with Crippen LogP contribution in [-0.4, -0.2) is 15.7 Å². The molecule has 3 aromatic carbocycles. The molecule has 1 aromatic heterocycles. The lowest BCUT2D eigenvalue weighted by Crippen LogP contribution is -2.15. The van der Waals surface area contributed by atoms with Crippen LogP contribution in [0.2, 0.25) is 10.0 Å². The van der Waals surface area contributed by atoms with Gasteiger partial charge in [0.1, 0.15) is 18.2 Å². The highest BCUT2D eigenvalue weighted by Gasteiger charge is 2.13. The summed E-state index contributed by atoms with van der Waals surface area (Å²) in [6.45, 7) is 2.46. The third kappa shape index (κ3) is 6.16. The van der Waals surface area contributed by atoms with Crippen LogP contribution in [-0.2, 0) is 24.4 Å². The van der Waals surface area contributed by atoms with Crippen LogP contribution in [0.1, 0.15) is 22.4 Å². The number of nitrogens with one attached hydrogen (secondary N) is 1. The Balaban J connectivity index is 1.46. The van der Waals surface area contributed by atoms with Crippen LogP contribution in [0.5, 0.6) is 5.75 Å². The van der Waals surface area contributed by atoms with Crippen molar-refractivity contribution in [1.29, 1.82) is 0 Å². The summed E-state index contributed by atoms with van der Waals surface area (Å²) in [6, 6.07) is 20.8. The number of anilines is 1. The summed E-state index contributed by atoms with van der Waals surface area (Å²) in [6.07, 6.45) is 0.269. The van der Waals surface area contributed by atoms with Crippen molar-refractivity contribution in [3.63, 3.8) is 0 Å². The van der Waals surface area contributed by atoms with Crippen molar-refractivity contribution >= 4 is 34.9 Å². The monoisotopic (exact) mass is 497 g/mol. The van der Waals surface area contributed by atoms with Crippen LogP contribution in [0, 0.1) is 12.7 Å². The van der Waals surface area contributed by atoms with Gasteiger partial charge in [0, 0.05) is 27.9 Å². The number of rotatable bonds is 8. The fourth-order valence-electron chi connectivity index (χ4n) is 3.47. The smallest absolute Gasteiger partial charge is 0.229 e. The summed E-state index contributed by atoms with van der Waals surface area (Å²) < 4.78 is 21.1. The number of nitrogens with zero attached hydrogens (tertiary/aromatic N) is 2. The average molecular weight is 498 g/mol. The van der Waals surface area contributed by atoms with E-state index in [-0.39, 0.29) is 18.9 Å². The summed E-state index contributed by atoms with van der Waals surface area (Å²) in [5, 5.41) is 8.23. The first-order chi connectivity index (χ1) is 16.4. The number of benzene rings is 3. The van der Waals surface area contributed by atoms with Gasteiger partial charge in [-0.15, -0.1) is 0 Å². The van der Waals surface area contributed by atoms with E-state index in [1.54, 1.807) is 28.9 Å². The second-order valence-electron chi connectivity index (χ2n) is 7.82. The van der Waals surface area contributed by atoms with Crippen molar-refractivity contribution in [3.05, 3.63) is 111 Å². The molecule has 0 bridgehead atoms. The molecule has 0 aliphatic rings. The van der Waals surface area contributed by atoms with Gasteiger partial charge in [-0.1, -0.05) is 59.6 Å². The lowest BCUT2D eigenvalue weighted by molar-refractivity contribution is -0.115. The first-order valence-electron chi connectivity index (χ1n) is 10.6. The van der Waals surface area contributed by atoms with Gasteiger partial charge in [-0.05, 0) is 42.8 Å². The fourth-order valence-corrected chi connectivity index (χ4v) is 3.88. The molecule has 1 amide bonds. The van der Waals surface area contributed by atoms with Crippen LogP contribution in [0.3, 0.4) is 0 Å². The number of ether oxygens (including phenoxy) is 1. The molecule has 0 saturated carbocycles. The van der Waals surface area contributed by atoms with Gasteiger partial charge in [0.15, 0.2) is 5.82 Å². The second kappa shape index (κ2) is 10.7. The quantitative estimate of drug-likeness (QED) is 0.304. The van der Waals surface area contributed by atoms with Gasteiger partial charge in [-0.2, -0.15) is 5.10 Å². The number of aromatic nitrogens is 2.